The number of benzene rings is 1. The van der Waals surface area contributed by atoms with E-state index in [4.69, 9.17) is 11.6 Å². The number of nitrogens with one attached hydrogen (secondary N) is 1. The zero-order chi connectivity index (χ0) is 18.0. The Kier molecular flexibility index (Phi) is 4.99. The number of amides is 3. The van der Waals surface area contributed by atoms with E-state index in [-0.39, 0.29) is 17.7 Å². The molecule has 7 heteroatoms. The summed E-state index contributed by atoms with van der Waals surface area (Å²) in [4.78, 5) is 40.2. The van der Waals surface area contributed by atoms with E-state index in [0.717, 1.165) is 5.56 Å². The molecule has 2 aliphatic rings. The van der Waals surface area contributed by atoms with Crippen LogP contribution in [0.5, 0.6) is 0 Å². The summed E-state index contributed by atoms with van der Waals surface area (Å²) in [5.41, 5.74) is -0.101. The zero-order valence-electron chi connectivity index (χ0n) is 14.3. The Balaban J connectivity index is 1.58. The summed E-state index contributed by atoms with van der Waals surface area (Å²) < 4.78 is 0. The molecule has 1 saturated heterocycles. The lowest BCUT2D eigenvalue weighted by Crippen LogP contribution is -2.54. The quantitative estimate of drug-likeness (QED) is 0.823. The summed E-state index contributed by atoms with van der Waals surface area (Å²) in [5, 5.41) is 3.45. The summed E-state index contributed by atoms with van der Waals surface area (Å²) >= 11 is 6.10. The SMILES string of the molecule is CC(=O)N1CCN(C(=O)C2(C(=O)NCc3ccccc3Cl)CC2)CC1. The fraction of sp³-hybridized carbons (Fsp3) is 0.500. The third-order valence-electron chi connectivity index (χ3n) is 5.00. The minimum Gasteiger partial charge on any atom is -0.351 e. The summed E-state index contributed by atoms with van der Waals surface area (Å²) in [5.74, 6) is -0.329. The highest BCUT2D eigenvalue weighted by molar-refractivity contribution is 6.31. The van der Waals surface area contributed by atoms with Crippen LogP contribution in [0.15, 0.2) is 24.3 Å². The molecule has 0 atom stereocenters. The van der Waals surface area contributed by atoms with Gasteiger partial charge in [0.2, 0.25) is 17.7 Å². The van der Waals surface area contributed by atoms with Crippen LogP contribution in [0.3, 0.4) is 0 Å². The van der Waals surface area contributed by atoms with Crippen LogP contribution in [0.25, 0.3) is 0 Å². The van der Waals surface area contributed by atoms with Crippen LogP contribution in [0.4, 0.5) is 0 Å². The van der Waals surface area contributed by atoms with Gasteiger partial charge in [0, 0.05) is 44.7 Å². The Morgan fingerprint density at radius 1 is 1.08 bits per heavy atom. The molecule has 25 heavy (non-hydrogen) atoms. The first-order valence-corrected chi connectivity index (χ1v) is 8.88. The van der Waals surface area contributed by atoms with E-state index in [2.05, 4.69) is 5.32 Å². The molecule has 6 nitrogen and oxygen atoms in total. The van der Waals surface area contributed by atoms with Gasteiger partial charge in [-0.15, -0.1) is 0 Å². The van der Waals surface area contributed by atoms with Gasteiger partial charge in [0.25, 0.3) is 0 Å². The Morgan fingerprint density at radius 3 is 2.24 bits per heavy atom. The van der Waals surface area contributed by atoms with Crippen molar-refractivity contribution >= 4 is 29.3 Å². The first kappa shape index (κ1) is 17.7. The van der Waals surface area contributed by atoms with Gasteiger partial charge in [-0.1, -0.05) is 29.8 Å². The number of carbonyl (C=O) groups is 3. The van der Waals surface area contributed by atoms with Crippen LogP contribution in [0.2, 0.25) is 5.02 Å². The van der Waals surface area contributed by atoms with Crippen molar-refractivity contribution in [2.45, 2.75) is 26.3 Å². The zero-order valence-corrected chi connectivity index (χ0v) is 15.0. The Hall–Kier alpha value is -2.08. The van der Waals surface area contributed by atoms with E-state index >= 15 is 0 Å². The van der Waals surface area contributed by atoms with Crippen LogP contribution in [-0.4, -0.2) is 53.7 Å². The molecule has 1 heterocycles. The molecule has 1 aromatic carbocycles. The van der Waals surface area contributed by atoms with Gasteiger partial charge in [-0.05, 0) is 24.5 Å². The van der Waals surface area contributed by atoms with Crippen LogP contribution < -0.4 is 5.32 Å². The minimum absolute atomic E-state index is 0.0192. The molecular weight excluding hydrogens is 342 g/mol. The molecule has 0 unspecified atom stereocenters. The number of hydrogen-bond acceptors (Lipinski definition) is 3. The second kappa shape index (κ2) is 7.04. The van der Waals surface area contributed by atoms with E-state index in [1.807, 2.05) is 18.2 Å². The molecule has 2 fully saturated rings. The topological polar surface area (TPSA) is 69.7 Å². The fourth-order valence-corrected chi connectivity index (χ4v) is 3.38. The van der Waals surface area contributed by atoms with Gasteiger partial charge in [0.1, 0.15) is 5.41 Å². The van der Waals surface area contributed by atoms with E-state index in [1.165, 1.54) is 6.92 Å². The van der Waals surface area contributed by atoms with Gasteiger partial charge >= 0.3 is 0 Å². The van der Waals surface area contributed by atoms with Gasteiger partial charge in [-0.2, -0.15) is 0 Å². The number of halogens is 1. The Morgan fingerprint density at radius 2 is 1.68 bits per heavy atom. The Bertz CT molecular complexity index is 695. The smallest absolute Gasteiger partial charge is 0.238 e. The molecule has 3 rings (SSSR count). The molecule has 1 N–H and O–H groups in total. The molecule has 0 radical (unpaired) electrons. The standard InChI is InChI=1S/C18H22ClN3O3/c1-13(23)21-8-10-22(11-9-21)17(25)18(6-7-18)16(24)20-12-14-4-2-3-5-15(14)19/h2-5H,6-12H2,1H3,(H,20,24). The lowest BCUT2D eigenvalue weighted by Gasteiger charge is -2.35. The Labute approximate surface area is 152 Å². The minimum atomic E-state index is -0.931. The molecule has 1 aliphatic carbocycles. The maximum Gasteiger partial charge on any atom is 0.238 e. The average molecular weight is 364 g/mol. The molecule has 3 amide bonds. The van der Waals surface area contributed by atoms with Gasteiger partial charge in [-0.3, -0.25) is 14.4 Å². The lowest BCUT2D eigenvalue weighted by atomic mass is 10.0. The van der Waals surface area contributed by atoms with Crippen molar-refractivity contribution in [2.24, 2.45) is 5.41 Å². The first-order valence-electron chi connectivity index (χ1n) is 8.51. The number of rotatable bonds is 4. The van der Waals surface area contributed by atoms with Gasteiger partial charge in [0.15, 0.2) is 0 Å². The van der Waals surface area contributed by atoms with E-state index in [0.29, 0.717) is 50.6 Å². The van der Waals surface area contributed by atoms with Crippen LogP contribution in [-0.2, 0) is 20.9 Å². The maximum absolute atomic E-state index is 12.8. The molecule has 0 aromatic heterocycles. The normalized spacial score (nSPS) is 18.6. The summed E-state index contributed by atoms with van der Waals surface area (Å²) in [6.07, 6.45) is 1.15. The second-order valence-electron chi connectivity index (χ2n) is 6.65. The number of hydrogen-bond donors (Lipinski definition) is 1. The summed E-state index contributed by atoms with van der Waals surface area (Å²) in [6, 6.07) is 7.32. The first-order chi connectivity index (χ1) is 11.9. The van der Waals surface area contributed by atoms with E-state index in [1.54, 1.807) is 15.9 Å². The molecule has 1 aliphatic heterocycles. The summed E-state index contributed by atoms with van der Waals surface area (Å²) in [7, 11) is 0. The van der Waals surface area contributed by atoms with Crippen molar-refractivity contribution in [3.8, 4) is 0 Å². The highest BCUT2D eigenvalue weighted by atomic mass is 35.5. The molecule has 0 spiro atoms. The van der Waals surface area contributed by atoms with Crippen molar-refractivity contribution in [1.82, 2.24) is 15.1 Å². The number of carbonyl (C=O) groups excluding carboxylic acids is 3. The molecule has 1 saturated carbocycles. The highest BCUT2D eigenvalue weighted by Gasteiger charge is 2.58. The predicted octanol–water partition coefficient (Wildman–Crippen LogP) is 1.43. The van der Waals surface area contributed by atoms with Gasteiger partial charge in [0.05, 0.1) is 0 Å². The van der Waals surface area contributed by atoms with Crippen molar-refractivity contribution in [3.05, 3.63) is 34.9 Å². The lowest BCUT2D eigenvalue weighted by molar-refractivity contribution is -0.147. The van der Waals surface area contributed by atoms with Crippen LogP contribution in [0.1, 0.15) is 25.3 Å². The largest absolute Gasteiger partial charge is 0.351 e. The predicted molar refractivity (Wildman–Crippen MR) is 93.8 cm³/mol. The molecular formula is C18H22ClN3O3. The van der Waals surface area contributed by atoms with Gasteiger partial charge < -0.3 is 15.1 Å². The molecule has 134 valence electrons. The second-order valence-corrected chi connectivity index (χ2v) is 7.06. The third kappa shape index (κ3) is 3.63. The van der Waals surface area contributed by atoms with Crippen molar-refractivity contribution < 1.29 is 14.4 Å². The number of piperazine rings is 1. The highest BCUT2D eigenvalue weighted by Crippen LogP contribution is 2.47. The molecule has 1 aromatic rings. The van der Waals surface area contributed by atoms with Crippen molar-refractivity contribution in [3.63, 3.8) is 0 Å². The van der Waals surface area contributed by atoms with E-state index < -0.39 is 5.41 Å². The molecule has 0 bridgehead atoms. The monoisotopic (exact) mass is 363 g/mol. The fourth-order valence-electron chi connectivity index (χ4n) is 3.18. The third-order valence-corrected chi connectivity index (χ3v) is 5.37. The average Bonchev–Trinajstić information content (AvgIpc) is 3.42. The van der Waals surface area contributed by atoms with E-state index in [9.17, 15) is 14.4 Å². The van der Waals surface area contributed by atoms with Crippen molar-refractivity contribution in [2.75, 3.05) is 26.2 Å². The number of nitrogens with zero attached hydrogens (tertiary/aromatic N) is 2. The van der Waals surface area contributed by atoms with Crippen LogP contribution >= 0.6 is 11.6 Å². The maximum atomic E-state index is 12.8. The van der Waals surface area contributed by atoms with Crippen molar-refractivity contribution in [1.29, 1.82) is 0 Å². The van der Waals surface area contributed by atoms with Gasteiger partial charge in [-0.25, -0.2) is 0 Å². The summed E-state index contributed by atoms with van der Waals surface area (Å²) in [6.45, 7) is 3.86. The van der Waals surface area contributed by atoms with Crippen LogP contribution in [0, 0.1) is 5.41 Å².